The van der Waals surface area contributed by atoms with Crippen molar-refractivity contribution in [2.45, 2.75) is 13.5 Å². The van der Waals surface area contributed by atoms with Gasteiger partial charge in [0.15, 0.2) is 11.3 Å². The topological polar surface area (TPSA) is 64.8 Å². The Morgan fingerprint density at radius 1 is 1.14 bits per heavy atom. The molecular formula is C20H13ClFN3O2S. The van der Waals surface area contributed by atoms with Crippen LogP contribution in [0.4, 0.5) is 4.39 Å². The van der Waals surface area contributed by atoms with Gasteiger partial charge in [0.25, 0.3) is 5.56 Å². The quantitative estimate of drug-likeness (QED) is 0.462. The summed E-state index contributed by atoms with van der Waals surface area (Å²) in [5.74, 6) is -0.644. The first-order chi connectivity index (χ1) is 13.4. The van der Waals surface area contributed by atoms with Crippen LogP contribution in [0.3, 0.4) is 0 Å². The van der Waals surface area contributed by atoms with E-state index in [0.717, 1.165) is 4.68 Å². The van der Waals surface area contributed by atoms with E-state index in [-0.39, 0.29) is 23.7 Å². The smallest absolute Gasteiger partial charge is 0.292 e. The zero-order chi connectivity index (χ0) is 19.8. The molecule has 0 bridgehead atoms. The molecule has 0 aliphatic heterocycles. The Bertz CT molecular complexity index is 1250. The van der Waals surface area contributed by atoms with E-state index < -0.39 is 5.56 Å². The summed E-state index contributed by atoms with van der Waals surface area (Å²) in [4.78, 5) is 29.7. The normalized spacial score (nSPS) is 11.1. The zero-order valence-corrected chi connectivity index (χ0v) is 16.2. The van der Waals surface area contributed by atoms with Crippen LogP contribution in [0.1, 0.15) is 15.4 Å². The van der Waals surface area contributed by atoms with E-state index >= 15 is 0 Å². The summed E-state index contributed by atoms with van der Waals surface area (Å²) in [6, 6.07) is 12.2. The molecule has 0 aliphatic rings. The number of Topliss-reactive ketones (excluding diaryl/α,β-unsaturated/α-hetero) is 1. The molecule has 0 saturated carbocycles. The average Bonchev–Trinajstić information content (AvgIpc) is 3.07. The van der Waals surface area contributed by atoms with Crippen molar-refractivity contribution in [2.24, 2.45) is 0 Å². The molecule has 2 aromatic carbocycles. The third kappa shape index (κ3) is 3.46. The lowest BCUT2D eigenvalue weighted by molar-refractivity contribution is 0.0966. The fourth-order valence-corrected chi connectivity index (χ4v) is 3.88. The van der Waals surface area contributed by atoms with E-state index in [1.165, 1.54) is 23.5 Å². The summed E-state index contributed by atoms with van der Waals surface area (Å²) in [5, 5.41) is 5.63. The van der Waals surface area contributed by atoms with E-state index in [2.05, 4.69) is 10.1 Å². The molecule has 28 heavy (non-hydrogen) atoms. The van der Waals surface area contributed by atoms with Gasteiger partial charge in [0, 0.05) is 16.1 Å². The predicted octanol–water partition coefficient (Wildman–Crippen LogP) is 4.50. The van der Waals surface area contributed by atoms with Gasteiger partial charge in [0.1, 0.15) is 18.1 Å². The number of halogens is 2. The molecule has 0 N–H and O–H groups in total. The van der Waals surface area contributed by atoms with Crippen LogP contribution in [0.2, 0.25) is 5.02 Å². The molecule has 0 saturated heterocycles. The van der Waals surface area contributed by atoms with Gasteiger partial charge in [-0.15, -0.1) is 11.3 Å². The number of carbonyl (C=O) groups excluding carboxylic acids is 1. The molecule has 0 unspecified atom stereocenters. The largest absolute Gasteiger partial charge is 0.294 e. The number of carbonyl (C=O) groups is 1. The molecule has 140 valence electrons. The Balaban J connectivity index is 1.83. The van der Waals surface area contributed by atoms with E-state index in [1.807, 2.05) is 0 Å². The number of hydrogen-bond acceptors (Lipinski definition) is 5. The number of aryl methyl sites for hydroxylation is 1. The van der Waals surface area contributed by atoms with Gasteiger partial charge < -0.3 is 0 Å². The van der Waals surface area contributed by atoms with Crippen molar-refractivity contribution >= 4 is 38.9 Å². The number of benzene rings is 2. The van der Waals surface area contributed by atoms with Crippen LogP contribution in [-0.4, -0.2) is 20.5 Å². The minimum atomic E-state index is -0.437. The van der Waals surface area contributed by atoms with Gasteiger partial charge in [-0.25, -0.2) is 14.1 Å². The Labute approximate surface area is 168 Å². The summed E-state index contributed by atoms with van der Waals surface area (Å²) in [6.45, 7) is 1.56. The van der Waals surface area contributed by atoms with Gasteiger partial charge in [-0.2, -0.15) is 5.10 Å². The molecule has 2 aromatic heterocycles. The summed E-state index contributed by atoms with van der Waals surface area (Å²) < 4.78 is 15.0. The molecular weight excluding hydrogens is 401 g/mol. The summed E-state index contributed by atoms with van der Waals surface area (Å²) >= 11 is 7.19. The van der Waals surface area contributed by atoms with E-state index in [9.17, 15) is 14.0 Å². The molecule has 4 aromatic rings. The van der Waals surface area contributed by atoms with Crippen molar-refractivity contribution < 1.29 is 9.18 Å². The molecule has 0 amide bonds. The number of rotatable bonds is 4. The maximum absolute atomic E-state index is 13.3. The lowest BCUT2D eigenvalue weighted by atomic mass is 10.1. The number of ketones is 1. The lowest BCUT2D eigenvalue weighted by Gasteiger charge is -2.08. The lowest BCUT2D eigenvalue weighted by Crippen LogP contribution is -2.27. The number of aromatic nitrogens is 3. The van der Waals surface area contributed by atoms with Crippen LogP contribution in [-0.2, 0) is 6.54 Å². The summed E-state index contributed by atoms with van der Waals surface area (Å²) in [7, 11) is 0. The van der Waals surface area contributed by atoms with E-state index in [4.69, 9.17) is 11.6 Å². The van der Waals surface area contributed by atoms with Gasteiger partial charge in [0.05, 0.1) is 9.71 Å². The molecule has 0 spiro atoms. The first kappa shape index (κ1) is 18.5. The number of nitrogens with zero attached hydrogens (tertiary/aromatic N) is 3. The molecule has 0 aliphatic carbocycles. The van der Waals surface area contributed by atoms with Crippen LogP contribution in [0.5, 0.6) is 0 Å². The van der Waals surface area contributed by atoms with Gasteiger partial charge >= 0.3 is 0 Å². The highest BCUT2D eigenvalue weighted by atomic mass is 35.5. The maximum atomic E-state index is 13.3. The number of fused-ring (bicyclic) bond motifs is 1. The molecule has 0 radical (unpaired) electrons. The molecule has 5 nitrogen and oxygen atoms in total. The third-order valence-corrected chi connectivity index (χ3v) is 5.41. The highest BCUT2D eigenvalue weighted by Gasteiger charge is 2.18. The highest BCUT2D eigenvalue weighted by Crippen LogP contribution is 2.29. The molecule has 4 rings (SSSR count). The summed E-state index contributed by atoms with van der Waals surface area (Å²) in [6.07, 6.45) is 0. The van der Waals surface area contributed by atoms with Crippen molar-refractivity contribution in [1.82, 2.24) is 14.8 Å². The standard InChI is InChI=1S/C20H13ClFN3O2S/c1-11-23-18-19(28-11)17(13-4-8-15(22)9-5-13)24-25(20(18)27)10-16(26)12-2-6-14(21)7-3-12/h2-9H,10H2,1H3. The predicted molar refractivity (Wildman–Crippen MR) is 108 cm³/mol. The second kappa shape index (κ2) is 7.26. The van der Waals surface area contributed by atoms with Crippen molar-refractivity contribution in [3.8, 4) is 11.3 Å². The van der Waals surface area contributed by atoms with E-state index in [1.54, 1.807) is 43.3 Å². The Hall–Kier alpha value is -2.90. The molecule has 2 heterocycles. The van der Waals surface area contributed by atoms with E-state index in [0.29, 0.717) is 31.6 Å². The fraction of sp³-hybridized carbons (Fsp3) is 0.100. The fourth-order valence-electron chi connectivity index (χ4n) is 2.83. The molecule has 0 fully saturated rings. The van der Waals surface area contributed by atoms with Crippen molar-refractivity contribution in [3.05, 3.63) is 80.3 Å². The molecule has 0 atom stereocenters. The zero-order valence-electron chi connectivity index (χ0n) is 14.6. The Morgan fingerprint density at radius 3 is 2.50 bits per heavy atom. The second-order valence-corrected chi connectivity index (χ2v) is 7.80. The molecule has 8 heteroatoms. The van der Waals surface area contributed by atoms with Crippen LogP contribution in [0.15, 0.2) is 53.3 Å². The number of thiazole rings is 1. The monoisotopic (exact) mass is 413 g/mol. The van der Waals surface area contributed by atoms with Crippen LogP contribution >= 0.6 is 22.9 Å². The van der Waals surface area contributed by atoms with Crippen molar-refractivity contribution in [3.63, 3.8) is 0 Å². The Morgan fingerprint density at radius 2 is 1.82 bits per heavy atom. The van der Waals surface area contributed by atoms with Crippen LogP contribution < -0.4 is 5.56 Å². The highest BCUT2D eigenvalue weighted by molar-refractivity contribution is 7.19. The Kier molecular flexibility index (Phi) is 4.78. The second-order valence-electron chi connectivity index (χ2n) is 6.16. The van der Waals surface area contributed by atoms with Crippen molar-refractivity contribution in [1.29, 1.82) is 0 Å². The van der Waals surface area contributed by atoms with Crippen LogP contribution in [0, 0.1) is 12.7 Å². The van der Waals surface area contributed by atoms with Crippen molar-refractivity contribution in [2.75, 3.05) is 0 Å². The van der Waals surface area contributed by atoms with Gasteiger partial charge in [-0.1, -0.05) is 11.6 Å². The SMILES string of the molecule is Cc1nc2c(=O)n(CC(=O)c3ccc(Cl)cc3)nc(-c3ccc(F)cc3)c2s1. The van der Waals surface area contributed by atoms with Gasteiger partial charge in [-0.05, 0) is 55.5 Å². The average molecular weight is 414 g/mol. The minimum Gasteiger partial charge on any atom is -0.292 e. The first-order valence-corrected chi connectivity index (χ1v) is 9.55. The maximum Gasteiger partial charge on any atom is 0.294 e. The van der Waals surface area contributed by atoms with Crippen LogP contribution in [0.25, 0.3) is 21.5 Å². The first-order valence-electron chi connectivity index (χ1n) is 8.35. The summed E-state index contributed by atoms with van der Waals surface area (Å²) in [5.41, 5.74) is 1.37. The van der Waals surface area contributed by atoms with Gasteiger partial charge in [-0.3, -0.25) is 9.59 Å². The minimum absolute atomic E-state index is 0.235. The van der Waals surface area contributed by atoms with Gasteiger partial charge in [0.2, 0.25) is 0 Å². The number of hydrogen-bond donors (Lipinski definition) is 0. The third-order valence-electron chi connectivity index (χ3n) is 4.18.